The molecule has 1 aromatic carbocycles. The lowest BCUT2D eigenvalue weighted by molar-refractivity contribution is 0.314. The Morgan fingerprint density at radius 2 is 0.730 bits per heavy atom. The topological polar surface area (TPSA) is 58.9 Å². The van der Waals surface area contributed by atoms with Gasteiger partial charge >= 0.3 is 0 Å². The van der Waals surface area contributed by atoms with Crippen molar-refractivity contribution in [3.63, 3.8) is 0 Å². The summed E-state index contributed by atoms with van der Waals surface area (Å²) in [5.41, 5.74) is 4.26. The summed E-state index contributed by atoms with van der Waals surface area (Å²) in [5.74, 6) is 7.30. The molecule has 0 spiro atoms. The first-order valence-electron chi connectivity index (χ1n) is 26.9. The van der Waals surface area contributed by atoms with Crippen LogP contribution in [0.25, 0.3) is 0 Å². The Morgan fingerprint density at radius 1 is 0.429 bits per heavy atom. The molecule has 368 valence electrons. The third-order valence-electron chi connectivity index (χ3n) is 14.9. The van der Waals surface area contributed by atoms with Crippen molar-refractivity contribution in [3.8, 4) is 23.0 Å². The van der Waals surface area contributed by atoms with Crippen LogP contribution in [-0.2, 0) is 6.42 Å². The van der Waals surface area contributed by atoms with Crippen molar-refractivity contribution in [2.24, 2.45) is 47.3 Å². The van der Waals surface area contributed by atoms with Gasteiger partial charge in [0.1, 0.15) is 0 Å². The quantitative estimate of drug-likeness (QED) is 0.0511. The zero-order valence-electron chi connectivity index (χ0n) is 44.6. The van der Waals surface area contributed by atoms with Crippen LogP contribution in [0.15, 0.2) is 23.3 Å². The van der Waals surface area contributed by atoms with E-state index in [1.54, 1.807) is 5.57 Å². The van der Waals surface area contributed by atoms with E-state index >= 15 is 0 Å². The van der Waals surface area contributed by atoms with E-state index in [1.807, 2.05) is 6.92 Å². The second-order valence-electron chi connectivity index (χ2n) is 22.2. The average Bonchev–Trinajstić information content (AvgIpc) is 3.21. The summed E-state index contributed by atoms with van der Waals surface area (Å²) in [7, 11) is 2.94. The minimum Gasteiger partial charge on any atom is -0.504 e. The monoisotopic (exact) mass is 881 g/mol. The molecule has 0 heterocycles. The van der Waals surface area contributed by atoms with Crippen LogP contribution in [0.5, 0.6) is 23.0 Å². The van der Waals surface area contributed by atoms with Crippen LogP contribution in [0.2, 0.25) is 0 Å². The van der Waals surface area contributed by atoms with Crippen molar-refractivity contribution in [1.82, 2.24) is 0 Å². The van der Waals surface area contributed by atoms with E-state index in [4.69, 9.17) is 9.47 Å². The van der Waals surface area contributed by atoms with E-state index in [9.17, 15) is 10.2 Å². The molecule has 0 aromatic heterocycles. The van der Waals surface area contributed by atoms with Crippen molar-refractivity contribution >= 4 is 0 Å². The molecule has 1 aromatic rings. The van der Waals surface area contributed by atoms with Crippen molar-refractivity contribution < 1.29 is 19.7 Å². The van der Waals surface area contributed by atoms with Gasteiger partial charge in [0.2, 0.25) is 11.5 Å². The number of ether oxygens (including phenoxy) is 2. The Kier molecular flexibility index (Phi) is 32.9. The maximum absolute atomic E-state index is 10.8. The van der Waals surface area contributed by atoms with Gasteiger partial charge < -0.3 is 19.7 Å². The fraction of sp³-hybridized carbons (Fsp3) is 0.831. The maximum Gasteiger partial charge on any atom is 0.207 e. The summed E-state index contributed by atoms with van der Waals surface area (Å²) in [6, 6.07) is 0. The molecule has 7 unspecified atom stereocenters. The van der Waals surface area contributed by atoms with Crippen LogP contribution >= 0.6 is 0 Å². The maximum atomic E-state index is 10.8. The molecule has 0 radical (unpaired) electrons. The van der Waals surface area contributed by atoms with Crippen LogP contribution in [0.4, 0.5) is 0 Å². The highest BCUT2D eigenvalue weighted by Gasteiger charge is 2.22. The van der Waals surface area contributed by atoms with Crippen LogP contribution in [0.1, 0.15) is 254 Å². The van der Waals surface area contributed by atoms with Gasteiger partial charge in [0, 0.05) is 11.1 Å². The molecule has 0 bridgehead atoms. The molecule has 4 heteroatoms. The molecular weight excluding hydrogens is 773 g/mol. The molecule has 0 amide bonds. The van der Waals surface area contributed by atoms with E-state index in [-0.39, 0.29) is 23.0 Å². The fourth-order valence-electron chi connectivity index (χ4n) is 9.98. The third-order valence-corrected chi connectivity index (χ3v) is 14.9. The smallest absolute Gasteiger partial charge is 0.207 e. The molecule has 4 nitrogen and oxygen atoms in total. The number of methoxy groups -OCH3 is 2. The van der Waals surface area contributed by atoms with Gasteiger partial charge in [-0.2, -0.15) is 0 Å². The normalized spacial score (nSPS) is 15.9. The lowest BCUT2D eigenvalue weighted by Gasteiger charge is -2.17. The Morgan fingerprint density at radius 3 is 1.08 bits per heavy atom. The van der Waals surface area contributed by atoms with Gasteiger partial charge in [0.25, 0.3) is 0 Å². The second-order valence-corrected chi connectivity index (χ2v) is 22.2. The molecule has 0 saturated carbocycles. The number of hydrogen-bond acceptors (Lipinski definition) is 4. The molecule has 63 heavy (non-hydrogen) atoms. The zero-order valence-corrected chi connectivity index (χ0v) is 44.6. The summed E-state index contributed by atoms with van der Waals surface area (Å²) in [5, 5.41) is 21.3. The minimum atomic E-state index is 0.0279. The summed E-state index contributed by atoms with van der Waals surface area (Å²) in [4.78, 5) is 0. The molecule has 1 rings (SSSR count). The van der Waals surface area contributed by atoms with Crippen LogP contribution < -0.4 is 9.47 Å². The van der Waals surface area contributed by atoms with Crippen molar-refractivity contribution in [2.75, 3.05) is 14.2 Å². The summed E-state index contributed by atoms with van der Waals surface area (Å²) < 4.78 is 10.6. The number of allylic oxidation sites excluding steroid dienone is 4. The molecule has 0 aliphatic heterocycles. The number of phenols is 2. The molecule has 0 aliphatic carbocycles. The van der Waals surface area contributed by atoms with Crippen LogP contribution in [-0.4, -0.2) is 24.4 Å². The Balaban J connectivity index is 2.10. The van der Waals surface area contributed by atoms with Gasteiger partial charge in [-0.3, -0.25) is 0 Å². The molecule has 0 fully saturated rings. The SMILES string of the molecule is COc1c(O)c(C)c(C/C=C(\C)CCCC(C)CCCC(C)CCCC(C)CCCC(C)CC/C=C(\C)CCCC(C)CCCC(C)CCCC(C)CCCC(C)C)c(O)c1OC. The highest BCUT2D eigenvalue weighted by Crippen LogP contribution is 2.48. The van der Waals surface area contributed by atoms with Gasteiger partial charge in [-0.05, 0) is 113 Å². The zero-order chi connectivity index (χ0) is 47.2. The van der Waals surface area contributed by atoms with Crippen molar-refractivity contribution in [3.05, 3.63) is 34.4 Å². The number of aromatic hydroxyl groups is 2. The second kappa shape index (κ2) is 35.1. The standard InChI is InChI=1S/C59H108O4/c1-44(2)24-15-25-45(3)26-16-27-46(4)28-17-29-47(5)30-18-31-48(6)32-19-33-49(7)34-20-35-50(8)36-21-37-51(9)38-22-39-52(10)40-23-41-53(11)42-43-55-54(12)56(60)58(62-13)59(63-14)57(55)61/h32,42,44-47,49-52,60-61H,15-31,33-41,43H2,1-14H3/b48-32+,53-42+. The lowest BCUT2D eigenvalue weighted by Crippen LogP contribution is -2.02. The van der Waals surface area contributed by atoms with Crippen LogP contribution in [0.3, 0.4) is 0 Å². The van der Waals surface area contributed by atoms with Gasteiger partial charge in [-0.1, -0.05) is 214 Å². The molecular formula is C59H108O4. The minimum absolute atomic E-state index is 0.0279. The number of rotatable bonds is 39. The highest BCUT2D eigenvalue weighted by molar-refractivity contribution is 5.66. The summed E-state index contributed by atoms with van der Waals surface area (Å²) >= 11 is 0. The molecule has 0 aliphatic rings. The first-order chi connectivity index (χ1) is 30.0. The average molecular weight is 882 g/mol. The third kappa shape index (κ3) is 27.9. The number of benzene rings is 1. The van der Waals surface area contributed by atoms with E-state index in [0.717, 1.165) is 53.8 Å². The Labute approximate surface area is 393 Å². The first-order valence-corrected chi connectivity index (χ1v) is 26.9. The molecule has 0 saturated heterocycles. The summed E-state index contributed by atoms with van der Waals surface area (Å²) in [6.45, 7) is 28.4. The van der Waals surface area contributed by atoms with E-state index in [2.05, 4.69) is 88.3 Å². The van der Waals surface area contributed by atoms with Gasteiger partial charge in [-0.25, -0.2) is 0 Å². The largest absolute Gasteiger partial charge is 0.504 e. The van der Waals surface area contributed by atoms with Gasteiger partial charge in [-0.15, -0.1) is 0 Å². The Bertz CT molecular complexity index is 1360. The van der Waals surface area contributed by atoms with E-state index in [0.29, 0.717) is 17.5 Å². The van der Waals surface area contributed by atoms with Crippen LogP contribution in [0, 0.1) is 54.3 Å². The lowest BCUT2D eigenvalue weighted by atomic mass is 9.89. The fourth-order valence-corrected chi connectivity index (χ4v) is 9.98. The molecule has 2 N–H and O–H groups in total. The number of phenolic OH excluding ortho intramolecular Hbond substituents is 2. The van der Waals surface area contributed by atoms with Gasteiger partial charge in [0.15, 0.2) is 11.5 Å². The van der Waals surface area contributed by atoms with Crippen molar-refractivity contribution in [1.29, 1.82) is 0 Å². The highest BCUT2D eigenvalue weighted by atomic mass is 16.5. The van der Waals surface area contributed by atoms with E-state index in [1.165, 1.54) is 180 Å². The Hall–Kier alpha value is -2.10. The first kappa shape index (κ1) is 58.9. The van der Waals surface area contributed by atoms with Crippen molar-refractivity contribution in [2.45, 2.75) is 256 Å². The van der Waals surface area contributed by atoms with E-state index < -0.39 is 0 Å². The predicted octanol–water partition coefficient (Wildman–Crippen LogP) is 19.1. The van der Waals surface area contributed by atoms with Gasteiger partial charge in [0.05, 0.1) is 14.2 Å². The predicted molar refractivity (Wildman–Crippen MR) is 278 cm³/mol. The molecule has 7 atom stereocenters. The number of hydrogen-bond donors (Lipinski definition) is 2. The summed E-state index contributed by atoms with van der Waals surface area (Å²) in [6.07, 6.45) is 40.7.